The molecule has 1 rings (SSSR count). The zero-order valence-corrected chi connectivity index (χ0v) is 12.7. The molecule has 1 saturated heterocycles. The van der Waals surface area contributed by atoms with Gasteiger partial charge in [0, 0.05) is 13.7 Å². The number of hydrogen-bond donors (Lipinski definition) is 1. The Hall–Kier alpha value is -0.380. The largest absolute Gasteiger partial charge is 0.383 e. The van der Waals surface area contributed by atoms with Crippen molar-refractivity contribution in [2.75, 3.05) is 46.4 Å². The van der Waals surface area contributed by atoms with Crippen molar-refractivity contribution in [3.63, 3.8) is 0 Å². The normalized spacial score (nSPS) is 17.7. The number of methoxy groups -OCH3 is 1. The van der Waals surface area contributed by atoms with Crippen molar-refractivity contribution in [3.05, 3.63) is 12.7 Å². The summed E-state index contributed by atoms with van der Waals surface area (Å²) in [6, 6.07) is 0. The Morgan fingerprint density at radius 3 is 2.74 bits per heavy atom. The SMILES string of the molecule is C=CCCCCCN1CCC(CNCCOC)CC1. The minimum Gasteiger partial charge on any atom is -0.383 e. The molecule has 1 heterocycles. The Labute approximate surface area is 119 Å². The van der Waals surface area contributed by atoms with Crippen molar-refractivity contribution in [1.82, 2.24) is 10.2 Å². The van der Waals surface area contributed by atoms with Crippen LogP contribution in [-0.4, -0.2) is 51.3 Å². The van der Waals surface area contributed by atoms with Crippen LogP contribution in [0.2, 0.25) is 0 Å². The monoisotopic (exact) mass is 268 g/mol. The third-order valence-corrected chi connectivity index (χ3v) is 4.01. The molecule has 0 saturated carbocycles. The topological polar surface area (TPSA) is 24.5 Å². The molecule has 0 amide bonds. The Bertz CT molecular complexity index is 213. The molecule has 1 fully saturated rings. The number of allylic oxidation sites excluding steroid dienone is 1. The minimum absolute atomic E-state index is 0.823. The van der Waals surface area contributed by atoms with Gasteiger partial charge in [-0.3, -0.25) is 0 Å². The second-order valence-corrected chi connectivity index (χ2v) is 5.62. The summed E-state index contributed by atoms with van der Waals surface area (Å²) in [6.07, 6.45) is 9.93. The van der Waals surface area contributed by atoms with Crippen LogP contribution in [0.15, 0.2) is 12.7 Å². The van der Waals surface area contributed by atoms with Crippen molar-refractivity contribution in [2.24, 2.45) is 5.92 Å². The van der Waals surface area contributed by atoms with E-state index in [1.807, 2.05) is 6.08 Å². The molecule has 0 spiro atoms. The quantitative estimate of drug-likeness (QED) is 0.460. The van der Waals surface area contributed by atoms with E-state index < -0.39 is 0 Å². The highest BCUT2D eigenvalue weighted by atomic mass is 16.5. The maximum atomic E-state index is 5.04. The van der Waals surface area contributed by atoms with Gasteiger partial charge in [-0.1, -0.05) is 12.5 Å². The van der Waals surface area contributed by atoms with E-state index in [1.54, 1.807) is 7.11 Å². The van der Waals surface area contributed by atoms with Gasteiger partial charge in [-0.25, -0.2) is 0 Å². The van der Waals surface area contributed by atoms with E-state index in [2.05, 4.69) is 16.8 Å². The lowest BCUT2D eigenvalue weighted by Crippen LogP contribution is -2.38. The van der Waals surface area contributed by atoms with Gasteiger partial charge in [-0.15, -0.1) is 6.58 Å². The fourth-order valence-corrected chi connectivity index (χ4v) is 2.70. The van der Waals surface area contributed by atoms with E-state index in [4.69, 9.17) is 4.74 Å². The molecule has 0 aromatic rings. The van der Waals surface area contributed by atoms with Gasteiger partial charge in [0.05, 0.1) is 6.61 Å². The summed E-state index contributed by atoms with van der Waals surface area (Å²) in [4.78, 5) is 2.64. The van der Waals surface area contributed by atoms with Gasteiger partial charge in [-0.05, 0) is 64.2 Å². The predicted octanol–water partition coefficient (Wildman–Crippen LogP) is 2.68. The molecule has 0 atom stereocenters. The van der Waals surface area contributed by atoms with Crippen molar-refractivity contribution in [3.8, 4) is 0 Å². The van der Waals surface area contributed by atoms with Gasteiger partial charge in [0.1, 0.15) is 0 Å². The molecule has 0 aromatic carbocycles. The maximum absolute atomic E-state index is 5.04. The molecule has 3 heteroatoms. The standard InChI is InChI=1S/C16H32N2O/c1-3-4-5-6-7-11-18-12-8-16(9-13-18)15-17-10-14-19-2/h3,16-17H,1,4-15H2,2H3. The lowest BCUT2D eigenvalue weighted by atomic mass is 9.96. The summed E-state index contributed by atoms with van der Waals surface area (Å²) in [5, 5.41) is 3.48. The first-order valence-corrected chi connectivity index (χ1v) is 7.89. The number of unbranched alkanes of at least 4 members (excludes halogenated alkanes) is 3. The first kappa shape index (κ1) is 16.7. The van der Waals surface area contributed by atoms with Crippen LogP contribution in [-0.2, 0) is 4.74 Å². The lowest BCUT2D eigenvalue weighted by molar-refractivity contribution is 0.171. The third kappa shape index (κ3) is 8.40. The lowest BCUT2D eigenvalue weighted by Gasteiger charge is -2.32. The van der Waals surface area contributed by atoms with Gasteiger partial charge < -0.3 is 15.0 Å². The zero-order chi connectivity index (χ0) is 13.8. The molecule has 0 radical (unpaired) electrons. The first-order valence-electron chi connectivity index (χ1n) is 7.89. The number of piperidine rings is 1. The summed E-state index contributed by atoms with van der Waals surface area (Å²) in [5.74, 6) is 0.869. The van der Waals surface area contributed by atoms with E-state index >= 15 is 0 Å². The number of hydrogen-bond acceptors (Lipinski definition) is 3. The molecule has 0 unspecified atom stereocenters. The van der Waals surface area contributed by atoms with Crippen LogP contribution in [0.25, 0.3) is 0 Å². The van der Waals surface area contributed by atoms with Gasteiger partial charge >= 0.3 is 0 Å². The number of likely N-dealkylation sites (tertiary alicyclic amines) is 1. The second-order valence-electron chi connectivity index (χ2n) is 5.62. The molecule has 0 aliphatic carbocycles. The fourth-order valence-electron chi connectivity index (χ4n) is 2.70. The van der Waals surface area contributed by atoms with Crippen LogP contribution >= 0.6 is 0 Å². The minimum atomic E-state index is 0.823. The molecule has 0 aromatic heterocycles. The van der Waals surface area contributed by atoms with Gasteiger partial charge in [0.15, 0.2) is 0 Å². The third-order valence-electron chi connectivity index (χ3n) is 4.01. The number of rotatable bonds is 11. The van der Waals surface area contributed by atoms with Crippen LogP contribution < -0.4 is 5.32 Å². The van der Waals surface area contributed by atoms with E-state index in [0.29, 0.717) is 0 Å². The fraction of sp³-hybridized carbons (Fsp3) is 0.875. The highest BCUT2D eigenvalue weighted by Gasteiger charge is 2.18. The summed E-state index contributed by atoms with van der Waals surface area (Å²) in [7, 11) is 1.76. The number of ether oxygens (including phenoxy) is 1. The van der Waals surface area contributed by atoms with Gasteiger partial charge in [0.2, 0.25) is 0 Å². The van der Waals surface area contributed by atoms with Crippen LogP contribution in [0, 0.1) is 5.92 Å². The van der Waals surface area contributed by atoms with Crippen LogP contribution in [0.5, 0.6) is 0 Å². The van der Waals surface area contributed by atoms with Crippen molar-refractivity contribution >= 4 is 0 Å². The Morgan fingerprint density at radius 2 is 2.05 bits per heavy atom. The Balaban J connectivity index is 1.94. The van der Waals surface area contributed by atoms with Crippen molar-refractivity contribution in [2.45, 2.75) is 38.5 Å². The van der Waals surface area contributed by atoms with Crippen LogP contribution in [0.1, 0.15) is 38.5 Å². The second kappa shape index (κ2) is 11.4. The summed E-state index contributed by atoms with van der Waals surface area (Å²) < 4.78 is 5.04. The molecule has 3 nitrogen and oxygen atoms in total. The number of nitrogens with zero attached hydrogens (tertiary/aromatic N) is 1. The number of nitrogens with one attached hydrogen (secondary N) is 1. The molecular weight excluding hydrogens is 236 g/mol. The van der Waals surface area contributed by atoms with Crippen LogP contribution in [0.3, 0.4) is 0 Å². The highest BCUT2D eigenvalue weighted by Crippen LogP contribution is 2.17. The van der Waals surface area contributed by atoms with Crippen molar-refractivity contribution < 1.29 is 4.74 Å². The average Bonchev–Trinajstić information content (AvgIpc) is 2.45. The van der Waals surface area contributed by atoms with Crippen LogP contribution in [0.4, 0.5) is 0 Å². The van der Waals surface area contributed by atoms with Gasteiger partial charge in [0.25, 0.3) is 0 Å². The Kier molecular flexibility index (Phi) is 10.0. The molecule has 1 N–H and O–H groups in total. The maximum Gasteiger partial charge on any atom is 0.0587 e. The zero-order valence-electron chi connectivity index (χ0n) is 12.7. The summed E-state index contributed by atoms with van der Waals surface area (Å²) in [6.45, 7) is 10.6. The molecule has 1 aliphatic heterocycles. The van der Waals surface area contributed by atoms with E-state index in [9.17, 15) is 0 Å². The molecule has 19 heavy (non-hydrogen) atoms. The Morgan fingerprint density at radius 1 is 1.26 bits per heavy atom. The smallest absolute Gasteiger partial charge is 0.0587 e. The van der Waals surface area contributed by atoms with E-state index in [-0.39, 0.29) is 0 Å². The highest BCUT2D eigenvalue weighted by molar-refractivity contribution is 4.74. The van der Waals surface area contributed by atoms with E-state index in [0.717, 1.165) is 25.6 Å². The van der Waals surface area contributed by atoms with E-state index in [1.165, 1.54) is 58.2 Å². The molecule has 112 valence electrons. The predicted molar refractivity (Wildman–Crippen MR) is 82.6 cm³/mol. The molecule has 1 aliphatic rings. The molecule has 0 bridgehead atoms. The first-order chi connectivity index (χ1) is 9.36. The average molecular weight is 268 g/mol. The summed E-state index contributed by atoms with van der Waals surface area (Å²) in [5.41, 5.74) is 0. The summed E-state index contributed by atoms with van der Waals surface area (Å²) >= 11 is 0. The van der Waals surface area contributed by atoms with Crippen molar-refractivity contribution in [1.29, 1.82) is 0 Å². The van der Waals surface area contributed by atoms with Gasteiger partial charge in [-0.2, -0.15) is 0 Å². The molecular formula is C16H32N2O.